The number of carbonyl (C=O) groups is 2. The van der Waals surface area contributed by atoms with Crippen molar-refractivity contribution in [3.63, 3.8) is 0 Å². The molecule has 0 radical (unpaired) electrons. The Morgan fingerprint density at radius 3 is 2.26 bits per heavy atom. The number of carbonyl (C=O) groups excluding carboxylic acids is 2. The van der Waals surface area contributed by atoms with Crippen LogP contribution in [0.4, 0.5) is 5.69 Å². The molecule has 0 bridgehead atoms. The molecule has 2 aromatic carbocycles. The zero-order valence-corrected chi connectivity index (χ0v) is 17.3. The van der Waals surface area contributed by atoms with Gasteiger partial charge < -0.3 is 19.2 Å². The predicted molar refractivity (Wildman–Crippen MR) is 115 cm³/mol. The number of hydrogen-bond donors (Lipinski definition) is 1. The summed E-state index contributed by atoms with van der Waals surface area (Å²) in [5.74, 6) is 1.11. The molecule has 3 aromatic rings. The van der Waals surface area contributed by atoms with Crippen molar-refractivity contribution in [3.05, 3.63) is 83.9 Å². The van der Waals surface area contributed by atoms with Gasteiger partial charge in [0.1, 0.15) is 23.0 Å². The summed E-state index contributed by atoms with van der Waals surface area (Å²) in [7, 11) is 1.57. The smallest absolute Gasteiger partial charge is 0.278 e. The van der Waals surface area contributed by atoms with E-state index in [4.69, 9.17) is 13.9 Å². The first-order chi connectivity index (χ1) is 15.1. The van der Waals surface area contributed by atoms with Crippen LogP contribution in [0.2, 0.25) is 0 Å². The molecule has 0 fully saturated rings. The molecule has 31 heavy (non-hydrogen) atoms. The van der Waals surface area contributed by atoms with E-state index in [1.54, 1.807) is 67.8 Å². The van der Waals surface area contributed by atoms with Gasteiger partial charge in [-0.3, -0.25) is 14.5 Å². The van der Waals surface area contributed by atoms with Crippen LogP contribution in [0.3, 0.4) is 0 Å². The number of amides is 2. The number of ether oxygens (including phenoxy) is 2. The maximum Gasteiger partial charge on any atom is 0.278 e. The highest BCUT2D eigenvalue weighted by atomic mass is 16.5. The van der Waals surface area contributed by atoms with E-state index in [0.717, 1.165) is 5.75 Å². The van der Waals surface area contributed by atoms with Crippen molar-refractivity contribution >= 4 is 23.1 Å². The molecule has 1 aliphatic heterocycles. The van der Waals surface area contributed by atoms with Crippen LogP contribution in [-0.4, -0.2) is 30.4 Å². The molecule has 0 spiro atoms. The number of rotatable bonds is 8. The van der Waals surface area contributed by atoms with E-state index in [9.17, 15) is 9.59 Å². The molecule has 0 saturated heterocycles. The Kier molecular flexibility index (Phi) is 5.75. The van der Waals surface area contributed by atoms with Crippen molar-refractivity contribution in [2.75, 3.05) is 19.0 Å². The van der Waals surface area contributed by atoms with E-state index < -0.39 is 5.91 Å². The standard InChI is InChI=1S/C24H22N2O5/c1-3-30-19-12-8-17(9-13-19)25-22-21(16-6-10-18(29-2)11-7-16)23(27)26(24(22)28)15-20-5-4-14-31-20/h4-14,25H,3,15H2,1-2H3. The summed E-state index contributed by atoms with van der Waals surface area (Å²) in [6.07, 6.45) is 1.51. The van der Waals surface area contributed by atoms with E-state index in [1.807, 2.05) is 6.92 Å². The summed E-state index contributed by atoms with van der Waals surface area (Å²) in [4.78, 5) is 27.6. The van der Waals surface area contributed by atoms with Crippen molar-refractivity contribution in [3.8, 4) is 11.5 Å². The average Bonchev–Trinajstić information content (AvgIpc) is 3.38. The minimum Gasteiger partial charge on any atom is -0.497 e. The number of imide groups is 1. The van der Waals surface area contributed by atoms with Gasteiger partial charge in [-0.2, -0.15) is 0 Å². The van der Waals surface area contributed by atoms with Crippen LogP contribution in [0, 0.1) is 0 Å². The highest BCUT2D eigenvalue weighted by Gasteiger charge is 2.39. The van der Waals surface area contributed by atoms with Gasteiger partial charge in [0.25, 0.3) is 11.8 Å². The summed E-state index contributed by atoms with van der Waals surface area (Å²) < 4.78 is 16.0. The van der Waals surface area contributed by atoms with Gasteiger partial charge in [-0.05, 0) is 61.0 Å². The van der Waals surface area contributed by atoms with Gasteiger partial charge in [-0.1, -0.05) is 12.1 Å². The van der Waals surface area contributed by atoms with E-state index >= 15 is 0 Å². The third-order valence-electron chi connectivity index (χ3n) is 4.88. The molecule has 7 heteroatoms. The average molecular weight is 418 g/mol. The number of hydrogen-bond acceptors (Lipinski definition) is 6. The van der Waals surface area contributed by atoms with Crippen LogP contribution in [0.1, 0.15) is 18.2 Å². The number of nitrogens with zero attached hydrogens (tertiary/aromatic N) is 1. The number of nitrogens with one attached hydrogen (secondary N) is 1. The molecule has 1 N–H and O–H groups in total. The van der Waals surface area contributed by atoms with E-state index in [-0.39, 0.29) is 18.1 Å². The number of benzene rings is 2. The Balaban J connectivity index is 1.69. The van der Waals surface area contributed by atoms with Crippen LogP contribution in [0.15, 0.2) is 77.0 Å². The second-order valence-corrected chi connectivity index (χ2v) is 6.84. The van der Waals surface area contributed by atoms with E-state index in [0.29, 0.717) is 34.9 Å². The summed E-state index contributed by atoms with van der Waals surface area (Å²) in [6.45, 7) is 2.53. The Hall–Kier alpha value is -4.00. The molecule has 0 atom stereocenters. The van der Waals surface area contributed by atoms with Crippen molar-refractivity contribution in [2.45, 2.75) is 13.5 Å². The first kappa shape index (κ1) is 20.3. The summed E-state index contributed by atoms with van der Waals surface area (Å²) in [5.41, 5.74) is 1.80. The maximum absolute atomic E-state index is 13.3. The van der Waals surface area contributed by atoms with Crippen LogP contribution in [0.25, 0.3) is 5.57 Å². The van der Waals surface area contributed by atoms with Gasteiger partial charge in [0.15, 0.2) is 0 Å². The Labute approximate surface area is 179 Å². The monoisotopic (exact) mass is 418 g/mol. The summed E-state index contributed by atoms with van der Waals surface area (Å²) in [6, 6.07) is 17.7. The zero-order valence-electron chi connectivity index (χ0n) is 17.3. The minimum absolute atomic E-state index is 0.0543. The highest BCUT2D eigenvalue weighted by molar-refractivity contribution is 6.36. The fraction of sp³-hybridized carbons (Fsp3) is 0.167. The number of methoxy groups -OCH3 is 1. The first-order valence-electron chi connectivity index (χ1n) is 9.88. The molecule has 2 heterocycles. The molecule has 1 aliphatic rings. The zero-order chi connectivity index (χ0) is 21.8. The number of furan rings is 1. The normalized spacial score (nSPS) is 13.7. The van der Waals surface area contributed by atoms with Crippen LogP contribution in [0.5, 0.6) is 11.5 Å². The molecule has 7 nitrogen and oxygen atoms in total. The molecule has 0 aliphatic carbocycles. The van der Waals surface area contributed by atoms with Gasteiger partial charge in [0.2, 0.25) is 0 Å². The van der Waals surface area contributed by atoms with Crippen LogP contribution >= 0.6 is 0 Å². The molecule has 1 aromatic heterocycles. The highest BCUT2D eigenvalue weighted by Crippen LogP contribution is 2.32. The second-order valence-electron chi connectivity index (χ2n) is 6.84. The Morgan fingerprint density at radius 1 is 0.935 bits per heavy atom. The lowest BCUT2D eigenvalue weighted by Crippen LogP contribution is -2.31. The molecular weight excluding hydrogens is 396 g/mol. The molecule has 4 rings (SSSR count). The topological polar surface area (TPSA) is 81.0 Å². The van der Waals surface area contributed by atoms with Crippen LogP contribution in [-0.2, 0) is 16.1 Å². The second kappa shape index (κ2) is 8.79. The molecule has 2 amide bonds. The van der Waals surface area contributed by atoms with Gasteiger partial charge >= 0.3 is 0 Å². The number of anilines is 1. The Morgan fingerprint density at radius 2 is 1.65 bits per heavy atom. The first-order valence-corrected chi connectivity index (χ1v) is 9.88. The van der Waals surface area contributed by atoms with E-state index in [1.165, 1.54) is 11.2 Å². The predicted octanol–water partition coefficient (Wildman–Crippen LogP) is 4.08. The van der Waals surface area contributed by atoms with Gasteiger partial charge in [0.05, 0.1) is 32.1 Å². The van der Waals surface area contributed by atoms with Crippen molar-refractivity contribution in [2.24, 2.45) is 0 Å². The SMILES string of the molecule is CCOc1ccc(NC2=C(c3ccc(OC)cc3)C(=O)N(Cc3ccco3)C2=O)cc1. The van der Waals surface area contributed by atoms with Gasteiger partial charge in [-0.15, -0.1) is 0 Å². The van der Waals surface area contributed by atoms with Gasteiger partial charge in [0, 0.05) is 5.69 Å². The lowest BCUT2D eigenvalue weighted by atomic mass is 10.0. The summed E-state index contributed by atoms with van der Waals surface area (Å²) >= 11 is 0. The fourth-order valence-electron chi connectivity index (χ4n) is 3.36. The maximum atomic E-state index is 13.3. The Bertz CT molecular complexity index is 1100. The molecule has 0 saturated carbocycles. The quantitative estimate of drug-likeness (QED) is 0.555. The van der Waals surface area contributed by atoms with Crippen LogP contribution < -0.4 is 14.8 Å². The third kappa shape index (κ3) is 4.16. The minimum atomic E-state index is -0.416. The third-order valence-corrected chi connectivity index (χ3v) is 4.88. The summed E-state index contributed by atoms with van der Waals surface area (Å²) in [5, 5.41) is 3.13. The lowest BCUT2D eigenvalue weighted by molar-refractivity contribution is -0.137. The lowest BCUT2D eigenvalue weighted by Gasteiger charge is -2.13. The van der Waals surface area contributed by atoms with Crippen molar-refractivity contribution in [1.29, 1.82) is 0 Å². The fourth-order valence-corrected chi connectivity index (χ4v) is 3.36. The van der Waals surface area contributed by atoms with Crippen molar-refractivity contribution < 1.29 is 23.5 Å². The van der Waals surface area contributed by atoms with E-state index in [2.05, 4.69) is 5.32 Å². The molecule has 0 unspecified atom stereocenters. The van der Waals surface area contributed by atoms with Gasteiger partial charge in [-0.25, -0.2) is 0 Å². The molecular formula is C24H22N2O5. The molecule has 158 valence electrons. The van der Waals surface area contributed by atoms with Crippen molar-refractivity contribution in [1.82, 2.24) is 4.90 Å². The largest absolute Gasteiger partial charge is 0.497 e.